The summed E-state index contributed by atoms with van der Waals surface area (Å²) in [6.07, 6.45) is -0.0853. The highest BCUT2D eigenvalue weighted by molar-refractivity contribution is 6.13. The number of aliphatic carboxylic acids is 1. The standard InChI is InChI=1S/C15H18O5/c1-14(2,3)20-13(19)15(10-16,12(17)18)9-11-7-5-4-6-8-11/h4-8,10H,9H2,1-3H3,(H,17,18). The summed E-state index contributed by atoms with van der Waals surface area (Å²) in [5.74, 6) is -2.55. The Labute approximate surface area is 117 Å². The normalized spacial score (nSPS) is 14.2. The van der Waals surface area contributed by atoms with Crippen LogP contribution in [0.1, 0.15) is 26.3 Å². The molecule has 0 heterocycles. The van der Waals surface area contributed by atoms with Crippen molar-refractivity contribution in [1.82, 2.24) is 0 Å². The molecule has 5 heteroatoms. The molecular weight excluding hydrogens is 260 g/mol. The first-order chi connectivity index (χ1) is 9.21. The number of carboxylic acid groups (broad SMARTS) is 1. The van der Waals surface area contributed by atoms with Crippen molar-refractivity contribution >= 4 is 18.2 Å². The molecule has 1 unspecified atom stereocenters. The largest absolute Gasteiger partial charge is 0.480 e. The Morgan fingerprint density at radius 1 is 1.20 bits per heavy atom. The molecule has 1 rings (SSSR count). The van der Waals surface area contributed by atoms with Crippen molar-refractivity contribution in [2.45, 2.75) is 32.8 Å². The predicted octanol–water partition coefficient (Wildman–Crippen LogP) is 1.84. The third-order valence-corrected chi connectivity index (χ3v) is 2.67. The summed E-state index contributed by atoms with van der Waals surface area (Å²) in [4.78, 5) is 34.9. The van der Waals surface area contributed by atoms with Crippen LogP contribution in [-0.2, 0) is 25.5 Å². The second-order valence-corrected chi connectivity index (χ2v) is 5.56. The maximum atomic E-state index is 12.1. The van der Waals surface area contributed by atoms with Crippen LogP contribution in [0.25, 0.3) is 0 Å². The molecule has 5 nitrogen and oxygen atoms in total. The molecule has 0 bridgehead atoms. The Balaban J connectivity index is 3.13. The molecular formula is C15H18O5. The fraction of sp³-hybridized carbons (Fsp3) is 0.400. The number of carboxylic acids is 1. The number of rotatable bonds is 5. The van der Waals surface area contributed by atoms with Gasteiger partial charge in [-0.1, -0.05) is 30.3 Å². The van der Waals surface area contributed by atoms with Crippen LogP contribution in [0.4, 0.5) is 0 Å². The van der Waals surface area contributed by atoms with Crippen molar-refractivity contribution in [2.75, 3.05) is 0 Å². The molecule has 0 aliphatic rings. The molecule has 0 saturated carbocycles. The van der Waals surface area contributed by atoms with Gasteiger partial charge in [-0.15, -0.1) is 0 Å². The Kier molecular flexibility index (Phi) is 4.65. The summed E-state index contributed by atoms with van der Waals surface area (Å²) in [5, 5.41) is 9.32. The fourth-order valence-corrected chi connectivity index (χ4v) is 1.66. The van der Waals surface area contributed by atoms with Crippen molar-refractivity contribution in [2.24, 2.45) is 5.41 Å². The Morgan fingerprint density at radius 2 is 1.75 bits per heavy atom. The highest BCUT2D eigenvalue weighted by atomic mass is 16.6. The zero-order valence-corrected chi connectivity index (χ0v) is 11.8. The first kappa shape index (κ1) is 15.9. The number of carbonyl (C=O) groups is 3. The van der Waals surface area contributed by atoms with Crippen molar-refractivity contribution < 1.29 is 24.2 Å². The molecule has 20 heavy (non-hydrogen) atoms. The molecule has 0 amide bonds. The van der Waals surface area contributed by atoms with E-state index in [0.29, 0.717) is 5.56 Å². The van der Waals surface area contributed by atoms with Gasteiger partial charge in [-0.05, 0) is 26.3 Å². The van der Waals surface area contributed by atoms with E-state index in [1.165, 1.54) is 0 Å². The van der Waals surface area contributed by atoms with E-state index in [9.17, 15) is 19.5 Å². The molecule has 1 aromatic rings. The number of hydrogen-bond acceptors (Lipinski definition) is 4. The lowest BCUT2D eigenvalue weighted by Gasteiger charge is -2.27. The molecule has 0 spiro atoms. The van der Waals surface area contributed by atoms with Gasteiger partial charge in [0.05, 0.1) is 0 Å². The van der Waals surface area contributed by atoms with Crippen LogP contribution in [0, 0.1) is 5.41 Å². The molecule has 1 aromatic carbocycles. The van der Waals surface area contributed by atoms with Crippen LogP contribution >= 0.6 is 0 Å². The number of carbonyl (C=O) groups excluding carboxylic acids is 2. The zero-order chi connectivity index (χ0) is 15.4. The smallest absolute Gasteiger partial charge is 0.331 e. The monoisotopic (exact) mass is 278 g/mol. The Hall–Kier alpha value is -2.17. The zero-order valence-electron chi connectivity index (χ0n) is 11.8. The second kappa shape index (κ2) is 5.86. The Bertz CT molecular complexity index is 501. The minimum atomic E-state index is -2.21. The second-order valence-electron chi connectivity index (χ2n) is 5.56. The van der Waals surface area contributed by atoms with Gasteiger partial charge in [0.15, 0.2) is 0 Å². The van der Waals surface area contributed by atoms with E-state index < -0.39 is 23.0 Å². The molecule has 0 aliphatic carbocycles. The number of esters is 1. The van der Waals surface area contributed by atoms with Crippen molar-refractivity contribution in [1.29, 1.82) is 0 Å². The summed E-state index contributed by atoms with van der Waals surface area (Å²) in [5.41, 5.74) is -2.50. The van der Waals surface area contributed by atoms with E-state index in [2.05, 4.69) is 0 Å². The molecule has 0 saturated heterocycles. The van der Waals surface area contributed by atoms with E-state index in [-0.39, 0.29) is 12.7 Å². The minimum absolute atomic E-state index is 0.149. The number of benzene rings is 1. The van der Waals surface area contributed by atoms with Crippen molar-refractivity contribution in [3.05, 3.63) is 35.9 Å². The third kappa shape index (κ3) is 3.66. The predicted molar refractivity (Wildman–Crippen MR) is 72.1 cm³/mol. The average molecular weight is 278 g/mol. The lowest BCUT2D eigenvalue weighted by atomic mass is 9.83. The van der Waals surface area contributed by atoms with Crippen LogP contribution in [0.2, 0.25) is 0 Å². The van der Waals surface area contributed by atoms with E-state index in [1.807, 2.05) is 0 Å². The van der Waals surface area contributed by atoms with Crippen molar-refractivity contribution in [3.63, 3.8) is 0 Å². The van der Waals surface area contributed by atoms with Crippen molar-refractivity contribution in [3.8, 4) is 0 Å². The number of aldehydes is 1. The fourth-order valence-electron chi connectivity index (χ4n) is 1.66. The van der Waals surface area contributed by atoms with Gasteiger partial charge in [-0.3, -0.25) is 9.59 Å². The maximum Gasteiger partial charge on any atom is 0.331 e. The van der Waals surface area contributed by atoms with Crippen LogP contribution in [0.15, 0.2) is 30.3 Å². The molecule has 0 aromatic heterocycles. The topological polar surface area (TPSA) is 80.7 Å². The first-order valence-corrected chi connectivity index (χ1v) is 6.18. The summed E-state index contributed by atoms with van der Waals surface area (Å²) in [6, 6.07) is 8.50. The van der Waals surface area contributed by atoms with E-state index >= 15 is 0 Å². The molecule has 1 N–H and O–H groups in total. The summed E-state index contributed by atoms with van der Waals surface area (Å²) >= 11 is 0. The summed E-state index contributed by atoms with van der Waals surface area (Å²) in [6.45, 7) is 4.85. The minimum Gasteiger partial charge on any atom is -0.480 e. The lowest BCUT2D eigenvalue weighted by molar-refractivity contribution is -0.176. The van der Waals surface area contributed by atoms with Crippen LogP contribution in [-0.4, -0.2) is 28.9 Å². The average Bonchev–Trinajstić information content (AvgIpc) is 2.34. The summed E-state index contributed by atoms with van der Waals surface area (Å²) < 4.78 is 5.08. The van der Waals surface area contributed by atoms with E-state index in [0.717, 1.165) is 0 Å². The quantitative estimate of drug-likeness (QED) is 0.505. The first-order valence-electron chi connectivity index (χ1n) is 6.18. The van der Waals surface area contributed by atoms with Gasteiger partial charge in [0.1, 0.15) is 11.9 Å². The molecule has 0 fully saturated rings. The van der Waals surface area contributed by atoms with Crippen LogP contribution in [0.5, 0.6) is 0 Å². The molecule has 0 aliphatic heterocycles. The molecule has 108 valence electrons. The molecule has 0 radical (unpaired) electrons. The molecule has 1 atom stereocenters. The third-order valence-electron chi connectivity index (χ3n) is 2.67. The van der Waals surface area contributed by atoms with Gasteiger partial charge < -0.3 is 14.6 Å². The van der Waals surface area contributed by atoms with E-state index in [1.54, 1.807) is 51.1 Å². The van der Waals surface area contributed by atoms with Crippen LogP contribution in [0.3, 0.4) is 0 Å². The van der Waals surface area contributed by atoms with Gasteiger partial charge in [-0.2, -0.15) is 0 Å². The highest BCUT2D eigenvalue weighted by Gasteiger charge is 2.49. The van der Waals surface area contributed by atoms with Gasteiger partial charge >= 0.3 is 11.9 Å². The van der Waals surface area contributed by atoms with E-state index in [4.69, 9.17) is 4.74 Å². The van der Waals surface area contributed by atoms with Gasteiger partial charge in [0, 0.05) is 6.42 Å². The Morgan fingerprint density at radius 3 is 2.15 bits per heavy atom. The number of ether oxygens (including phenoxy) is 1. The van der Waals surface area contributed by atoms with Gasteiger partial charge in [0.25, 0.3) is 0 Å². The maximum absolute atomic E-state index is 12.1. The SMILES string of the molecule is CC(C)(C)OC(=O)C(C=O)(Cc1ccccc1)C(=O)O. The highest BCUT2D eigenvalue weighted by Crippen LogP contribution is 2.26. The number of hydrogen-bond donors (Lipinski definition) is 1. The summed E-state index contributed by atoms with van der Waals surface area (Å²) in [7, 11) is 0. The van der Waals surface area contributed by atoms with Gasteiger partial charge in [-0.25, -0.2) is 0 Å². The van der Waals surface area contributed by atoms with Crippen LogP contribution < -0.4 is 0 Å². The lowest BCUT2D eigenvalue weighted by Crippen LogP contribution is -2.46. The van der Waals surface area contributed by atoms with Gasteiger partial charge in [0.2, 0.25) is 5.41 Å².